The van der Waals surface area contributed by atoms with Crippen molar-refractivity contribution in [2.75, 3.05) is 0 Å². The lowest BCUT2D eigenvalue weighted by atomic mass is 9.49. The van der Waals surface area contributed by atoms with Crippen LogP contribution in [0.25, 0.3) is 0 Å². The van der Waals surface area contributed by atoms with Crippen LogP contribution >= 0.6 is 0 Å². The van der Waals surface area contributed by atoms with E-state index in [2.05, 4.69) is 11.2 Å². The van der Waals surface area contributed by atoms with Crippen molar-refractivity contribution >= 4 is 5.97 Å². The van der Waals surface area contributed by atoms with E-state index in [-0.39, 0.29) is 12.0 Å². The van der Waals surface area contributed by atoms with Crippen molar-refractivity contribution in [2.45, 2.75) is 57.4 Å². The first-order valence-corrected chi connectivity index (χ1v) is 7.81. The first kappa shape index (κ1) is 12.4. The van der Waals surface area contributed by atoms with E-state index in [1.54, 1.807) is 4.68 Å². The molecule has 20 heavy (non-hydrogen) atoms. The summed E-state index contributed by atoms with van der Waals surface area (Å²) in [6, 6.07) is 2.15. The summed E-state index contributed by atoms with van der Waals surface area (Å²) in [5.41, 5.74) is 2.39. The van der Waals surface area contributed by atoms with Crippen LogP contribution < -0.4 is 0 Å². The Morgan fingerprint density at radius 1 is 1.30 bits per heavy atom. The van der Waals surface area contributed by atoms with Crippen LogP contribution in [0, 0.1) is 24.7 Å². The van der Waals surface area contributed by atoms with Crippen molar-refractivity contribution in [1.29, 1.82) is 0 Å². The predicted molar refractivity (Wildman–Crippen MR) is 74.4 cm³/mol. The number of hydrogen-bond acceptors (Lipinski definition) is 2. The number of carboxylic acids is 1. The van der Waals surface area contributed by atoms with Crippen LogP contribution in [0.1, 0.15) is 49.9 Å². The van der Waals surface area contributed by atoms with Crippen LogP contribution in [0.3, 0.4) is 0 Å². The van der Waals surface area contributed by atoms with Gasteiger partial charge in [0.15, 0.2) is 0 Å². The molecular formula is C16H22N2O2. The van der Waals surface area contributed by atoms with E-state index in [4.69, 9.17) is 5.11 Å². The van der Waals surface area contributed by atoms with Crippen LogP contribution in [0.5, 0.6) is 0 Å². The van der Waals surface area contributed by atoms with E-state index in [1.165, 1.54) is 44.2 Å². The molecule has 0 unspecified atom stereocenters. The van der Waals surface area contributed by atoms with Crippen molar-refractivity contribution in [3.05, 3.63) is 17.5 Å². The summed E-state index contributed by atoms with van der Waals surface area (Å²) in [4.78, 5) is 11.1. The summed E-state index contributed by atoms with van der Waals surface area (Å²) in [5.74, 6) is 1.82. The highest BCUT2D eigenvalue weighted by atomic mass is 16.4. The molecule has 1 aromatic heterocycles. The Kier molecular flexibility index (Phi) is 2.54. The van der Waals surface area contributed by atoms with E-state index >= 15 is 0 Å². The van der Waals surface area contributed by atoms with Gasteiger partial charge in [0, 0.05) is 11.1 Å². The third kappa shape index (κ3) is 1.80. The minimum absolute atomic E-state index is 0.00488. The lowest BCUT2D eigenvalue weighted by molar-refractivity contribution is -0.138. The monoisotopic (exact) mass is 274 g/mol. The van der Waals surface area contributed by atoms with E-state index in [9.17, 15) is 4.79 Å². The van der Waals surface area contributed by atoms with Gasteiger partial charge in [0.05, 0.1) is 5.69 Å². The number of nitrogens with zero attached hydrogens (tertiary/aromatic N) is 2. The molecule has 4 aliphatic rings. The maximum absolute atomic E-state index is 11.1. The standard InChI is InChI=1S/C16H22N2O2/c1-10-2-14(18(17-10)9-15(19)20)16-6-11-3-12(7-16)5-13(4-11)8-16/h2,11-13H,3-9H2,1H3,(H,19,20). The van der Waals surface area contributed by atoms with Crippen LogP contribution in [0.15, 0.2) is 6.07 Å². The van der Waals surface area contributed by atoms with Gasteiger partial charge >= 0.3 is 5.97 Å². The summed E-state index contributed by atoms with van der Waals surface area (Å²) < 4.78 is 1.77. The Labute approximate surface area is 119 Å². The van der Waals surface area contributed by atoms with E-state index in [1.807, 2.05) is 6.92 Å². The second kappa shape index (κ2) is 4.09. The molecule has 0 amide bonds. The molecule has 0 radical (unpaired) electrons. The predicted octanol–water partition coefficient (Wildman–Crippen LogP) is 2.74. The Hall–Kier alpha value is -1.32. The Bertz CT molecular complexity index is 526. The first-order chi connectivity index (χ1) is 9.54. The van der Waals surface area contributed by atoms with Gasteiger partial charge in [0.25, 0.3) is 0 Å². The van der Waals surface area contributed by atoms with Gasteiger partial charge in [-0.05, 0) is 69.3 Å². The minimum atomic E-state index is -0.793. The van der Waals surface area contributed by atoms with Crippen molar-refractivity contribution in [2.24, 2.45) is 17.8 Å². The third-order valence-electron chi connectivity index (χ3n) is 5.77. The molecule has 4 nitrogen and oxygen atoms in total. The number of hydrogen-bond donors (Lipinski definition) is 1. The Balaban J connectivity index is 1.75. The maximum Gasteiger partial charge on any atom is 0.325 e. The van der Waals surface area contributed by atoms with E-state index in [0.717, 1.165) is 23.4 Å². The van der Waals surface area contributed by atoms with Gasteiger partial charge in [0.1, 0.15) is 6.54 Å². The number of carbonyl (C=O) groups is 1. The minimum Gasteiger partial charge on any atom is -0.480 e. The molecule has 4 aliphatic carbocycles. The fourth-order valence-electron chi connectivity index (χ4n) is 5.65. The molecule has 5 rings (SSSR count). The van der Waals surface area contributed by atoms with Gasteiger partial charge in [-0.3, -0.25) is 9.48 Å². The van der Waals surface area contributed by atoms with Crippen molar-refractivity contribution < 1.29 is 9.90 Å². The summed E-state index contributed by atoms with van der Waals surface area (Å²) in [7, 11) is 0. The Morgan fingerprint density at radius 2 is 1.85 bits per heavy atom. The quantitative estimate of drug-likeness (QED) is 0.922. The molecule has 4 saturated carbocycles. The zero-order valence-electron chi connectivity index (χ0n) is 12.0. The highest BCUT2D eigenvalue weighted by molar-refractivity contribution is 5.66. The zero-order chi connectivity index (χ0) is 13.9. The topological polar surface area (TPSA) is 55.1 Å². The SMILES string of the molecule is Cc1cc(C23CC4CC(CC(C4)C2)C3)n(CC(=O)O)n1. The smallest absolute Gasteiger partial charge is 0.325 e. The molecular weight excluding hydrogens is 252 g/mol. The van der Waals surface area contributed by atoms with Crippen LogP contribution in [-0.4, -0.2) is 20.9 Å². The van der Waals surface area contributed by atoms with Crippen molar-refractivity contribution in [1.82, 2.24) is 9.78 Å². The van der Waals surface area contributed by atoms with Crippen molar-refractivity contribution in [3.8, 4) is 0 Å². The number of carboxylic acid groups (broad SMARTS) is 1. The van der Waals surface area contributed by atoms with Gasteiger partial charge in [0.2, 0.25) is 0 Å². The average Bonchev–Trinajstić information content (AvgIpc) is 2.68. The highest BCUT2D eigenvalue weighted by Crippen LogP contribution is 2.60. The fourth-order valence-corrected chi connectivity index (χ4v) is 5.65. The third-order valence-corrected chi connectivity index (χ3v) is 5.77. The molecule has 1 N–H and O–H groups in total. The highest BCUT2D eigenvalue weighted by Gasteiger charge is 2.52. The summed E-state index contributed by atoms with van der Waals surface area (Å²) >= 11 is 0. The fraction of sp³-hybridized carbons (Fsp3) is 0.750. The van der Waals surface area contributed by atoms with Gasteiger partial charge < -0.3 is 5.11 Å². The molecule has 0 spiro atoms. The zero-order valence-corrected chi connectivity index (χ0v) is 12.0. The van der Waals surface area contributed by atoms with Gasteiger partial charge in [-0.15, -0.1) is 0 Å². The second-order valence-electron chi connectivity index (χ2n) is 7.42. The van der Waals surface area contributed by atoms with Gasteiger partial charge in [-0.25, -0.2) is 0 Å². The van der Waals surface area contributed by atoms with E-state index in [0.29, 0.717) is 0 Å². The molecule has 4 fully saturated rings. The number of aliphatic carboxylic acids is 1. The summed E-state index contributed by atoms with van der Waals surface area (Å²) in [5, 5.41) is 13.6. The molecule has 0 atom stereocenters. The Morgan fingerprint density at radius 3 is 2.35 bits per heavy atom. The molecule has 1 aromatic rings. The summed E-state index contributed by atoms with van der Waals surface area (Å²) in [6.45, 7) is 1.98. The molecule has 0 aliphatic heterocycles. The average molecular weight is 274 g/mol. The van der Waals surface area contributed by atoms with E-state index < -0.39 is 5.97 Å². The number of aryl methyl sites for hydroxylation is 1. The van der Waals surface area contributed by atoms with Crippen LogP contribution in [-0.2, 0) is 16.8 Å². The maximum atomic E-state index is 11.1. The summed E-state index contributed by atoms with van der Waals surface area (Å²) in [6.07, 6.45) is 7.99. The number of aromatic nitrogens is 2. The molecule has 0 saturated heterocycles. The largest absolute Gasteiger partial charge is 0.480 e. The van der Waals surface area contributed by atoms with Crippen LogP contribution in [0.4, 0.5) is 0 Å². The van der Waals surface area contributed by atoms with Gasteiger partial charge in [-0.2, -0.15) is 5.10 Å². The lowest BCUT2D eigenvalue weighted by Gasteiger charge is -2.56. The molecule has 4 heteroatoms. The van der Waals surface area contributed by atoms with Gasteiger partial charge in [-0.1, -0.05) is 0 Å². The van der Waals surface area contributed by atoms with Crippen LogP contribution in [0.2, 0.25) is 0 Å². The first-order valence-electron chi connectivity index (χ1n) is 7.81. The lowest BCUT2D eigenvalue weighted by Crippen LogP contribution is -2.49. The second-order valence-corrected chi connectivity index (χ2v) is 7.42. The molecule has 0 aromatic carbocycles. The molecule has 4 bridgehead atoms. The normalized spacial score (nSPS) is 38.4. The molecule has 108 valence electrons. The molecule has 1 heterocycles. The number of rotatable bonds is 3. The van der Waals surface area contributed by atoms with Crippen molar-refractivity contribution in [3.63, 3.8) is 0 Å².